The Hall–Kier alpha value is -2.36. The molecule has 0 aromatic heterocycles. The van der Waals surface area contributed by atoms with Gasteiger partial charge in [-0.1, -0.05) is 42.5 Å². The van der Waals surface area contributed by atoms with Crippen LogP contribution >= 0.6 is 0 Å². The molecule has 0 spiro atoms. The van der Waals surface area contributed by atoms with Gasteiger partial charge in [-0.3, -0.25) is 4.99 Å². The zero-order valence-corrected chi connectivity index (χ0v) is 18.7. The maximum atomic E-state index is 12.2. The van der Waals surface area contributed by atoms with E-state index in [1.54, 1.807) is 0 Å². The number of benzene rings is 1. The standard InChI is InChI=1S/C25H36N2O2/c1-7-21(18-26-20(3)23-10-8-9-19(2)17-23)11-12-22-13-15-27(16-14-22)24(28)29-25(4,5)6/h7-10,17-18,22H,1,11-16H2,2-6H3/b21-18+,26-20?. The molecule has 0 bridgehead atoms. The summed E-state index contributed by atoms with van der Waals surface area (Å²) in [6, 6.07) is 8.39. The van der Waals surface area contributed by atoms with E-state index >= 15 is 0 Å². The minimum absolute atomic E-state index is 0.191. The van der Waals surface area contributed by atoms with Gasteiger partial charge in [0.2, 0.25) is 0 Å². The Labute approximate surface area is 176 Å². The lowest BCUT2D eigenvalue weighted by Crippen LogP contribution is -2.41. The van der Waals surface area contributed by atoms with Crippen LogP contribution in [0, 0.1) is 12.8 Å². The molecule has 1 fully saturated rings. The Balaban J connectivity index is 1.84. The first kappa shape index (κ1) is 22.9. The number of likely N-dealkylation sites (tertiary alicyclic amines) is 1. The predicted octanol–water partition coefficient (Wildman–Crippen LogP) is 6.30. The van der Waals surface area contributed by atoms with Gasteiger partial charge in [-0.2, -0.15) is 0 Å². The molecule has 0 N–H and O–H groups in total. The number of carbonyl (C=O) groups is 1. The molecule has 0 saturated carbocycles. The normalized spacial score (nSPS) is 16.7. The van der Waals surface area contributed by atoms with E-state index in [4.69, 9.17) is 4.74 Å². The summed E-state index contributed by atoms with van der Waals surface area (Å²) < 4.78 is 5.48. The second kappa shape index (κ2) is 10.4. The number of hydrogen-bond acceptors (Lipinski definition) is 3. The Morgan fingerprint density at radius 1 is 1.31 bits per heavy atom. The summed E-state index contributed by atoms with van der Waals surface area (Å²) in [5.74, 6) is 0.624. The average molecular weight is 397 g/mol. The molecule has 4 heteroatoms. The molecule has 158 valence electrons. The molecule has 0 aliphatic carbocycles. The molecule has 4 nitrogen and oxygen atoms in total. The Morgan fingerprint density at radius 3 is 2.59 bits per heavy atom. The van der Waals surface area contributed by atoms with E-state index in [2.05, 4.69) is 42.8 Å². The van der Waals surface area contributed by atoms with Crippen LogP contribution in [0.4, 0.5) is 4.79 Å². The highest BCUT2D eigenvalue weighted by Gasteiger charge is 2.26. The fraction of sp³-hybridized carbons (Fsp3) is 0.520. The molecule has 1 amide bonds. The van der Waals surface area contributed by atoms with Crippen LogP contribution in [0.25, 0.3) is 0 Å². The first-order valence-electron chi connectivity index (χ1n) is 10.6. The topological polar surface area (TPSA) is 41.9 Å². The minimum atomic E-state index is -0.436. The van der Waals surface area contributed by atoms with Crippen molar-refractivity contribution in [1.29, 1.82) is 0 Å². The number of nitrogens with zero attached hydrogens (tertiary/aromatic N) is 2. The van der Waals surface area contributed by atoms with Gasteiger partial charge in [0.05, 0.1) is 0 Å². The molecular formula is C25H36N2O2. The first-order chi connectivity index (χ1) is 13.7. The van der Waals surface area contributed by atoms with E-state index < -0.39 is 5.60 Å². The molecule has 2 rings (SSSR count). The minimum Gasteiger partial charge on any atom is -0.444 e. The van der Waals surface area contributed by atoms with Crippen LogP contribution < -0.4 is 0 Å². The maximum absolute atomic E-state index is 12.2. The molecular weight excluding hydrogens is 360 g/mol. The summed E-state index contributed by atoms with van der Waals surface area (Å²) in [6.07, 6.45) is 7.77. The van der Waals surface area contributed by atoms with Crippen LogP contribution in [0.1, 0.15) is 64.5 Å². The first-order valence-corrected chi connectivity index (χ1v) is 10.6. The number of piperidine rings is 1. The third kappa shape index (κ3) is 7.88. The van der Waals surface area contributed by atoms with E-state index in [0.29, 0.717) is 5.92 Å². The van der Waals surface area contributed by atoms with Crippen LogP contribution in [-0.2, 0) is 4.74 Å². The van der Waals surface area contributed by atoms with E-state index in [-0.39, 0.29) is 6.09 Å². The molecule has 1 aliphatic rings. The Bertz CT molecular complexity index is 763. The van der Waals surface area contributed by atoms with Gasteiger partial charge in [0.1, 0.15) is 5.60 Å². The van der Waals surface area contributed by atoms with Gasteiger partial charge >= 0.3 is 6.09 Å². The van der Waals surface area contributed by atoms with E-state index in [1.807, 2.05) is 44.9 Å². The Kier molecular flexibility index (Phi) is 8.24. The second-order valence-corrected chi connectivity index (χ2v) is 8.94. The van der Waals surface area contributed by atoms with E-state index in [0.717, 1.165) is 55.6 Å². The molecule has 0 radical (unpaired) electrons. The number of allylic oxidation sites excluding steroid dienone is 2. The van der Waals surface area contributed by atoms with Crippen LogP contribution in [0.2, 0.25) is 0 Å². The summed E-state index contributed by atoms with van der Waals surface area (Å²) in [6.45, 7) is 15.4. The molecule has 1 heterocycles. The molecule has 1 aromatic carbocycles. The highest BCUT2D eigenvalue weighted by molar-refractivity contribution is 5.99. The fourth-order valence-corrected chi connectivity index (χ4v) is 3.45. The summed E-state index contributed by atoms with van der Waals surface area (Å²) in [5, 5.41) is 0. The van der Waals surface area contributed by atoms with Gasteiger partial charge in [-0.05, 0) is 77.4 Å². The number of hydrogen-bond donors (Lipinski definition) is 0. The van der Waals surface area contributed by atoms with Gasteiger partial charge in [0.25, 0.3) is 0 Å². The summed E-state index contributed by atoms with van der Waals surface area (Å²) in [4.78, 5) is 18.7. The van der Waals surface area contributed by atoms with Crippen molar-refractivity contribution in [3.8, 4) is 0 Å². The third-order valence-corrected chi connectivity index (χ3v) is 5.23. The Morgan fingerprint density at radius 2 is 2.00 bits per heavy atom. The van der Waals surface area contributed by atoms with Crippen molar-refractivity contribution in [2.24, 2.45) is 10.9 Å². The van der Waals surface area contributed by atoms with E-state index in [1.165, 1.54) is 5.56 Å². The average Bonchev–Trinajstić information content (AvgIpc) is 2.67. The monoisotopic (exact) mass is 396 g/mol. The van der Waals surface area contributed by atoms with E-state index in [9.17, 15) is 4.79 Å². The highest BCUT2D eigenvalue weighted by Crippen LogP contribution is 2.25. The van der Waals surface area contributed by atoms with Gasteiger partial charge < -0.3 is 9.64 Å². The van der Waals surface area contributed by atoms with Crippen molar-refractivity contribution in [3.05, 3.63) is 59.8 Å². The largest absolute Gasteiger partial charge is 0.444 e. The number of ether oxygens (including phenoxy) is 1. The van der Waals surface area contributed by atoms with Crippen molar-refractivity contribution in [2.75, 3.05) is 13.1 Å². The zero-order valence-electron chi connectivity index (χ0n) is 18.7. The second-order valence-electron chi connectivity index (χ2n) is 8.94. The molecule has 0 unspecified atom stereocenters. The maximum Gasteiger partial charge on any atom is 0.410 e. The van der Waals surface area contributed by atoms with Crippen molar-refractivity contribution in [2.45, 2.75) is 65.9 Å². The molecule has 1 aliphatic heterocycles. The van der Waals surface area contributed by atoms with Crippen molar-refractivity contribution >= 4 is 11.8 Å². The lowest BCUT2D eigenvalue weighted by molar-refractivity contribution is 0.0181. The van der Waals surface area contributed by atoms with Crippen molar-refractivity contribution in [3.63, 3.8) is 0 Å². The third-order valence-electron chi connectivity index (χ3n) is 5.23. The predicted molar refractivity (Wildman–Crippen MR) is 121 cm³/mol. The molecule has 1 aromatic rings. The highest BCUT2D eigenvalue weighted by atomic mass is 16.6. The van der Waals surface area contributed by atoms with Crippen molar-refractivity contribution in [1.82, 2.24) is 4.90 Å². The number of aliphatic imine (C=N–C) groups is 1. The summed E-state index contributed by atoms with van der Waals surface area (Å²) >= 11 is 0. The van der Waals surface area contributed by atoms with Gasteiger partial charge in [-0.25, -0.2) is 4.79 Å². The van der Waals surface area contributed by atoms with Crippen LogP contribution in [0.15, 0.2) is 53.7 Å². The quantitative estimate of drug-likeness (QED) is 0.418. The summed E-state index contributed by atoms with van der Waals surface area (Å²) in [5.41, 5.74) is 4.13. The molecule has 0 atom stereocenters. The van der Waals surface area contributed by atoms with Gasteiger partial charge in [0.15, 0.2) is 0 Å². The smallest absolute Gasteiger partial charge is 0.410 e. The lowest BCUT2D eigenvalue weighted by atomic mass is 9.91. The van der Waals surface area contributed by atoms with Gasteiger partial charge in [-0.15, -0.1) is 0 Å². The zero-order chi connectivity index (χ0) is 21.4. The summed E-state index contributed by atoms with van der Waals surface area (Å²) in [7, 11) is 0. The SMILES string of the molecule is C=C/C(=C\N=C(C)c1cccc(C)c1)CCC1CCN(C(=O)OC(C)(C)C)CC1. The fourth-order valence-electron chi connectivity index (χ4n) is 3.45. The van der Waals surface area contributed by atoms with Crippen LogP contribution in [0.3, 0.4) is 0 Å². The van der Waals surface area contributed by atoms with Gasteiger partial charge in [0, 0.05) is 25.0 Å². The number of amides is 1. The molecule has 29 heavy (non-hydrogen) atoms. The lowest BCUT2D eigenvalue weighted by Gasteiger charge is -2.33. The van der Waals surface area contributed by atoms with Crippen LogP contribution in [-0.4, -0.2) is 35.4 Å². The number of aryl methyl sites for hydroxylation is 1. The molecule has 1 saturated heterocycles. The van der Waals surface area contributed by atoms with Crippen LogP contribution in [0.5, 0.6) is 0 Å². The number of carbonyl (C=O) groups excluding carboxylic acids is 1. The van der Waals surface area contributed by atoms with Crippen molar-refractivity contribution < 1.29 is 9.53 Å². The number of rotatable bonds is 6.